The smallest absolute Gasteiger partial charge is 0.264 e. The number of benzene rings is 5. The van der Waals surface area contributed by atoms with Gasteiger partial charge >= 0.3 is 0 Å². The van der Waals surface area contributed by atoms with Gasteiger partial charge in [0.2, 0.25) is 0 Å². The van der Waals surface area contributed by atoms with Crippen LogP contribution in [0.2, 0.25) is 0 Å². The van der Waals surface area contributed by atoms with E-state index < -0.39 is 0 Å². The summed E-state index contributed by atoms with van der Waals surface area (Å²) >= 11 is 1.95. The number of hydrogen-bond donors (Lipinski definition) is 0. The molecule has 0 atom stereocenters. The van der Waals surface area contributed by atoms with Crippen molar-refractivity contribution in [2.45, 2.75) is 26.2 Å². The minimum absolute atomic E-state index is 0.0142. The normalized spacial score (nSPS) is 13.7. The van der Waals surface area contributed by atoms with Crippen molar-refractivity contribution in [2.75, 3.05) is 9.80 Å². The molecule has 1 aromatic heterocycles. The van der Waals surface area contributed by atoms with Gasteiger partial charge in [0.15, 0.2) is 0 Å². The van der Waals surface area contributed by atoms with Crippen molar-refractivity contribution in [3.8, 4) is 0 Å². The number of para-hydroxylation sites is 3. The maximum absolute atomic E-state index is 2.54. The Morgan fingerprint density at radius 2 is 1.18 bits per heavy atom. The van der Waals surface area contributed by atoms with Gasteiger partial charge in [-0.25, -0.2) is 0 Å². The highest BCUT2D eigenvalue weighted by molar-refractivity contribution is 7.33. The molecule has 192 valence electrons. The number of anilines is 6. The lowest BCUT2D eigenvalue weighted by Crippen LogP contribution is -2.60. The van der Waals surface area contributed by atoms with Crippen LogP contribution >= 0.6 is 11.3 Å². The average molecular weight is 533 g/mol. The van der Waals surface area contributed by atoms with Crippen LogP contribution in [-0.4, -0.2) is 6.71 Å². The zero-order valence-electron chi connectivity index (χ0n) is 22.9. The van der Waals surface area contributed by atoms with Crippen molar-refractivity contribution in [3.63, 3.8) is 0 Å². The van der Waals surface area contributed by atoms with E-state index in [1.165, 1.54) is 65.5 Å². The van der Waals surface area contributed by atoms with Gasteiger partial charge in [-0.1, -0.05) is 93.6 Å². The fourth-order valence-electron chi connectivity index (χ4n) is 6.51. The monoisotopic (exact) mass is 532 g/mol. The summed E-state index contributed by atoms with van der Waals surface area (Å²) < 4.78 is 2.75. The Morgan fingerprint density at radius 3 is 1.88 bits per heavy atom. The molecule has 8 rings (SSSR count). The molecule has 0 fully saturated rings. The van der Waals surface area contributed by atoms with E-state index in [-0.39, 0.29) is 12.1 Å². The molecule has 0 saturated heterocycles. The molecule has 40 heavy (non-hydrogen) atoms. The summed E-state index contributed by atoms with van der Waals surface area (Å²) in [5.41, 5.74) is 11.6. The standard InChI is InChI=1S/C36H29BN2S/c1-36(2,3)24-22-30-33-31(23-24)39(26-16-8-5-9-17-26)34-27-18-10-13-21-32(27)40-35(34)37(33)28-19-11-12-20-29(28)38(30)25-14-6-4-7-15-25/h4-23H,1-3H3. The number of nitrogens with zero attached hydrogens (tertiary/aromatic N) is 2. The van der Waals surface area contributed by atoms with Crippen LogP contribution in [0.1, 0.15) is 26.3 Å². The summed E-state index contributed by atoms with van der Waals surface area (Å²) in [7, 11) is 0. The lowest BCUT2D eigenvalue weighted by Gasteiger charge is -2.44. The largest absolute Gasteiger partial charge is 0.311 e. The minimum atomic E-state index is -0.0142. The maximum Gasteiger partial charge on any atom is 0.264 e. The molecule has 0 N–H and O–H groups in total. The molecule has 0 aliphatic carbocycles. The maximum atomic E-state index is 2.54. The molecule has 4 heteroatoms. The molecular weight excluding hydrogens is 503 g/mol. The third kappa shape index (κ3) is 3.36. The highest BCUT2D eigenvalue weighted by Gasteiger charge is 2.45. The first-order valence-corrected chi connectivity index (χ1v) is 14.8. The summed E-state index contributed by atoms with van der Waals surface area (Å²) in [5, 5.41) is 1.32. The van der Waals surface area contributed by atoms with Gasteiger partial charge in [-0.3, -0.25) is 0 Å². The quantitative estimate of drug-likeness (QED) is 0.207. The summed E-state index contributed by atoms with van der Waals surface area (Å²) in [6.45, 7) is 7.14. The van der Waals surface area contributed by atoms with Crippen molar-refractivity contribution in [3.05, 3.63) is 127 Å². The van der Waals surface area contributed by atoms with E-state index in [1.54, 1.807) is 0 Å². The van der Waals surface area contributed by atoms with Gasteiger partial charge in [0.05, 0.1) is 5.69 Å². The lowest BCUT2D eigenvalue weighted by molar-refractivity contribution is 0.590. The lowest BCUT2D eigenvalue weighted by atomic mass is 9.36. The summed E-state index contributed by atoms with van der Waals surface area (Å²) in [5.74, 6) is 0. The van der Waals surface area contributed by atoms with Crippen LogP contribution in [0.15, 0.2) is 121 Å². The van der Waals surface area contributed by atoms with E-state index in [9.17, 15) is 0 Å². The second kappa shape index (κ2) is 8.61. The molecule has 6 aromatic rings. The predicted octanol–water partition coefficient (Wildman–Crippen LogP) is 8.28. The Balaban J connectivity index is 1.55. The van der Waals surface area contributed by atoms with Crippen molar-refractivity contribution in [1.29, 1.82) is 0 Å². The molecule has 0 unspecified atom stereocenters. The third-order valence-electron chi connectivity index (χ3n) is 8.37. The van der Waals surface area contributed by atoms with Crippen molar-refractivity contribution in [1.82, 2.24) is 0 Å². The van der Waals surface area contributed by atoms with Crippen LogP contribution in [0, 0.1) is 0 Å². The van der Waals surface area contributed by atoms with E-state index >= 15 is 0 Å². The molecule has 5 aromatic carbocycles. The van der Waals surface area contributed by atoms with Crippen LogP contribution < -0.4 is 25.5 Å². The Kier molecular flexibility index (Phi) is 5.08. The van der Waals surface area contributed by atoms with Crippen molar-refractivity contribution >= 4 is 78.0 Å². The topological polar surface area (TPSA) is 6.48 Å². The predicted molar refractivity (Wildman–Crippen MR) is 175 cm³/mol. The number of hydrogen-bond acceptors (Lipinski definition) is 3. The Morgan fingerprint density at radius 1 is 0.600 bits per heavy atom. The molecular formula is C36H29BN2S. The summed E-state index contributed by atoms with van der Waals surface area (Å²) in [6, 6.07) is 44.6. The third-order valence-corrected chi connectivity index (χ3v) is 9.60. The Hall–Kier alpha value is -4.28. The van der Waals surface area contributed by atoms with Crippen molar-refractivity contribution < 1.29 is 0 Å². The van der Waals surface area contributed by atoms with E-state index in [1.807, 2.05) is 11.3 Å². The molecule has 0 radical (unpaired) electrons. The van der Waals surface area contributed by atoms with E-state index in [0.29, 0.717) is 0 Å². The molecule has 0 saturated carbocycles. The van der Waals surface area contributed by atoms with Crippen LogP contribution in [0.25, 0.3) is 10.1 Å². The SMILES string of the molecule is CC(C)(C)c1cc2c3c(c1)N(c1ccccc1)c1c(sc4ccccc14)B3c1ccccc1N2c1ccccc1. The van der Waals surface area contributed by atoms with Gasteiger partial charge in [-0.05, 0) is 70.4 Å². The van der Waals surface area contributed by atoms with Crippen LogP contribution in [0.3, 0.4) is 0 Å². The molecule has 0 bridgehead atoms. The van der Waals surface area contributed by atoms with Crippen LogP contribution in [0.5, 0.6) is 0 Å². The first kappa shape index (κ1) is 23.6. The fourth-order valence-corrected chi connectivity index (χ4v) is 7.83. The van der Waals surface area contributed by atoms with Gasteiger partial charge in [-0.15, -0.1) is 11.3 Å². The zero-order valence-corrected chi connectivity index (χ0v) is 23.7. The highest BCUT2D eigenvalue weighted by Crippen LogP contribution is 2.48. The Labute approximate surface area is 240 Å². The van der Waals surface area contributed by atoms with Gasteiger partial charge in [-0.2, -0.15) is 0 Å². The summed E-state index contributed by atoms with van der Waals surface area (Å²) in [6.07, 6.45) is 0. The van der Waals surface area contributed by atoms with Gasteiger partial charge < -0.3 is 9.80 Å². The minimum Gasteiger partial charge on any atom is -0.311 e. The molecule has 2 nitrogen and oxygen atoms in total. The summed E-state index contributed by atoms with van der Waals surface area (Å²) in [4.78, 5) is 5.03. The van der Waals surface area contributed by atoms with Crippen LogP contribution in [-0.2, 0) is 5.41 Å². The molecule has 0 spiro atoms. The second-order valence-electron chi connectivity index (χ2n) is 11.8. The number of fused-ring (bicyclic) bond motifs is 6. The van der Waals surface area contributed by atoms with Crippen LogP contribution in [0.4, 0.5) is 34.1 Å². The Bertz CT molecular complexity index is 1900. The van der Waals surface area contributed by atoms with Gasteiger partial charge in [0.25, 0.3) is 6.71 Å². The molecule has 2 aliphatic heterocycles. The number of rotatable bonds is 2. The zero-order chi connectivity index (χ0) is 27.0. The fraction of sp³-hybridized carbons (Fsp3) is 0.111. The molecule has 2 aliphatic rings. The molecule has 3 heterocycles. The second-order valence-corrected chi connectivity index (χ2v) is 12.9. The molecule has 0 amide bonds. The van der Waals surface area contributed by atoms with E-state index in [2.05, 4.69) is 152 Å². The van der Waals surface area contributed by atoms with Crippen molar-refractivity contribution in [2.24, 2.45) is 0 Å². The van der Waals surface area contributed by atoms with Gasteiger partial charge in [0, 0.05) is 43.3 Å². The van der Waals surface area contributed by atoms with E-state index in [0.717, 1.165) is 0 Å². The first-order valence-electron chi connectivity index (χ1n) is 14.0. The van der Waals surface area contributed by atoms with E-state index in [4.69, 9.17) is 0 Å². The highest BCUT2D eigenvalue weighted by atomic mass is 32.1. The average Bonchev–Trinajstić information content (AvgIpc) is 3.36. The number of thiophene rings is 1. The van der Waals surface area contributed by atoms with Gasteiger partial charge in [0.1, 0.15) is 0 Å². The first-order chi connectivity index (χ1) is 19.5.